The minimum Gasteiger partial charge on any atom is -0.467 e. The van der Waals surface area contributed by atoms with E-state index in [4.69, 9.17) is 18.9 Å². The molecule has 0 aromatic rings. The number of aliphatic hydroxyl groups excluding tert-OH is 1. The number of hydrogen-bond acceptors (Lipinski definition) is 11. The van der Waals surface area contributed by atoms with Crippen LogP contribution in [0.1, 0.15) is 72.6 Å². The first-order valence-corrected chi connectivity index (χ1v) is 14.3. The van der Waals surface area contributed by atoms with Gasteiger partial charge < -0.3 is 39.4 Å². The highest BCUT2D eigenvalue weighted by Crippen LogP contribution is 2.79. The third-order valence-corrected chi connectivity index (χ3v) is 12.8. The molecular formula is C29H38O11. The van der Waals surface area contributed by atoms with Crippen LogP contribution in [0.2, 0.25) is 0 Å². The van der Waals surface area contributed by atoms with Gasteiger partial charge in [0, 0.05) is 17.8 Å². The maximum atomic E-state index is 13.7. The minimum atomic E-state index is -2.65. The van der Waals surface area contributed by atoms with Gasteiger partial charge in [0.05, 0.1) is 24.5 Å². The molecule has 4 N–H and O–H groups in total. The van der Waals surface area contributed by atoms with Gasteiger partial charge in [-0.15, -0.1) is 0 Å². The number of ketones is 1. The highest BCUT2D eigenvalue weighted by Gasteiger charge is 2.98. The molecule has 0 aromatic heterocycles. The fraction of sp³-hybridized carbons (Fsp3) is 0.828. The number of fused-ring (bicyclic) bond motifs is 6. The van der Waals surface area contributed by atoms with Gasteiger partial charge >= 0.3 is 11.9 Å². The van der Waals surface area contributed by atoms with Crippen LogP contribution < -0.4 is 0 Å². The van der Waals surface area contributed by atoms with E-state index in [0.717, 1.165) is 5.57 Å². The minimum absolute atomic E-state index is 0.0150. The second kappa shape index (κ2) is 7.18. The smallest absolute Gasteiger partial charge is 0.342 e. The Kier molecular flexibility index (Phi) is 4.84. The number of hydrogen-bond donors (Lipinski definition) is 4. The summed E-state index contributed by atoms with van der Waals surface area (Å²) < 4.78 is 23.8. The number of Topliss-reactive ketones (excluding diaryl/α,β-unsaturated/α-hetero) is 1. The van der Waals surface area contributed by atoms with Crippen molar-refractivity contribution in [2.45, 2.75) is 113 Å². The van der Waals surface area contributed by atoms with Gasteiger partial charge in [0.15, 0.2) is 22.4 Å². The summed E-state index contributed by atoms with van der Waals surface area (Å²) in [6.07, 6.45) is 2.18. The lowest BCUT2D eigenvalue weighted by molar-refractivity contribution is -0.406. The predicted octanol–water partition coefficient (Wildman–Crippen LogP) is 0.644. The second-order valence-electron chi connectivity index (χ2n) is 14.0. The zero-order valence-corrected chi connectivity index (χ0v) is 23.5. The molecule has 0 radical (unpaired) electrons. The average molecular weight is 563 g/mol. The lowest BCUT2D eigenvalue weighted by Gasteiger charge is -2.59. The van der Waals surface area contributed by atoms with Crippen molar-refractivity contribution in [3.05, 3.63) is 11.6 Å². The molecule has 11 nitrogen and oxygen atoms in total. The molecule has 6 fully saturated rings. The number of methoxy groups -OCH3 is 1. The van der Waals surface area contributed by atoms with Gasteiger partial charge in [-0.3, -0.25) is 4.79 Å². The highest BCUT2D eigenvalue weighted by atomic mass is 16.8. The summed E-state index contributed by atoms with van der Waals surface area (Å²) in [7, 11) is 1.17. The third kappa shape index (κ3) is 2.30. The number of aliphatic hydroxyl groups is 4. The van der Waals surface area contributed by atoms with Gasteiger partial charge in [-0.25, -0.2) is 9.59 Å². The molecule has 7 aliphatic rings. The molecule has 2 saturated carbocycles. The first-order valence-electron chi connectivity index (χ1n) is 14.3. The molecule has 220 valence electrons. The van der Waals surface area contributed by atoms with Crippen molar-refractivity contribution >= 4 is 17.7 Å². The summed E-state index contributed by atoms with van der Waals surface area (Å²) >= 11 is 0. The monoisotopic (exact) mass is 562 g/mol. The molecule has 11 heteroatoms. The highest BCUT2D eigenvalue weighted by molar-refractivity contribution is 5.90. The van der Waals surface area contributed by atoms with Crippen LogP contribution in [-0.2, 0) is 33.3 Å². The normalized spacial score (nSPS) is 59.6. The lowest BCUT2D eigenvalue weighted by Crippen LogP contribution is -2.77. The first kappa shape index (κ1) is 27.0. The average Bonchev–Trinajstić information content (AvgIpc) is 3.30. The molecule has 0 aromatic carbocycles. The van der Waals surface area contributed by atoms with Crippen molar-refractivity contribution in [3.63, 3.8) is 0 Å². The molecule has 3 aliphatic carbocycles. The van der Waals surface area contributed by atoms with Crippen molar-refractivity contribution < 1.29 is 53.8 Å². The molecule has 4 saturated heterocycles. The topological polar surface area (TPSA) is 169 Å². The van der Waals surface area contributed by atoms with E-state index in [1.807, 2.05) is 13.0 Å². The van der Waals surface area contributed by atoms with Crippen LogP contribution in [0.15, 0.2) is 11.6 Å². The quantitative estimate of drug-likeness (QED) is 0.261. The largest absolute Gasteiger partial charge is 0.467 e. The SMILES string of the molecule is COC(=O)[C@@]1(C)O[C@@]2(O)[C@@H]3[C@@]45O[C@]2(O)[C@@H]2CC=C6CCCC(=O)[C@]6(C)[C@H]2CC[C@]4(O)C(=O)O[C@@]5(C)[C@H](O)C[C@@]31C. The van der Waals surface area contributed by atoms with Gasteiger partial charge in [0.25, 0.3) is 0 Å². The molecule has 2 bridgehead atoms. The number of carbonyl (C=O) groups excluding carboxylic acids is 3. The molecule has 7 rings (SSSR count). The lowest BCUT2D eigenvalue weighted by atomic mass is 9.47. The van der Waals surface area contributed by atoms with E-state index in [1.165, 1.54) is 21.0 Å². The molecule has 12 atom stereocenters. The predicted molar refractivity (Wildman–Crippen MR) is 133 cm³/mol. The van der Waals surface area contributed by atoms with E-state index in [9.17, 15) is 34.8 Å². The summed E-state index contributed by atoms with van der Waals surface area (Å²) in [4.78, 5) is 40.7. The Labute approximate surface area is 231 Å². The Morgan fingerprint density at radius 3 is 2.40 bits per heavy atom. The number of esters is 2. The summed E-state index contributed by atoms with van der Waals surface area (Å²) in [5.74, 6) is -10.1. The number of allylic oxidation sites excluding steroid dienone is 2. The molecule has 1 spiro atoms. The van der Waals surface area contributed by atoms with Gasteiger partial charge in [-0.2, -0.15) is 0 Å². The van der Waals surface area contributed by atoms with E-state index in [0.29, 0.717) is 19.3 Å². The van der Waals surface area contributed by atoms with Crippen LogP contribution >= 0.6 is 0 Å². The van der Waals surface area contributed by atoms with E-state index < -0.39 is 80.6 Å². The first-order chi connectivity index (χ1) is 18.5. The van der Waals surface area contributed by atoms with Crippen molar-refractivity contribution in [2.24, 2.45) is 28.6 Å². The van der Waals surface area contributed by atoms with Crippen molar-refractivity contribution in [1.29, 1.82) is 0 Å². The Balaban J connectivity index is 1.55. The van der Waals surface area contributed by atoms with E-state index >= 15 is 0 Å². The fourth-order valence-electron chi connectivity index (χ4n) is 10.5. The molecule has 4 aliphatic heterocycles. The van der Waals surface area contributed by atoms with Crippen LogP contribution in [0.4, 0.5) is 0 Å². The summed E-state index contributed by atoms with van der Waals surface area (Å²) in [5, 5.41) is 49.6. The van der Waals surface area contributed by atoms with Crippen LogP contribution in [0.5, 0.6) is 0 Å². The van der Waals surface area contributed by atoms with E-state index in [-0.39, 0.29) is 31.5 Å². The number of rotatable bonds is 1. The Bertz CT molecular complexity index is 1300. The van der Waals surface area contributed by atoms with E-state index in [1.54, 1.807) is 6.92 Å². The molecule has 0 amide bonds. The van der Waals surface area contributed by atoms with Crippen LogP contribution in [0.25, 0.3) is 0 Å². The van der Waals surface area contributed by atoms with Crippen LogP contribution in [0, 0.1) is 28.6 Å². The summed E-state index contributed by atoms with van der Waals surface area (Å²) in [6.45, 7) is 6.28. The van der Waals surface area contributed by atoms with E-state index in [2.05, 4.69) is 0 Å². The van der Waals surface area contributed by atoms with Crippen LogP contribution in [-0.4, -0.2) is 85.3 Å². The van der Waals surface area contributed by atoms with Crippen molar-refractivity contribution in [1.82, 2.24) is 0 Å². The summed E-state index contributed by atoms with van der Waals surface area (Å²) in [6, 6.07) is 0. The van der Waals surface area contributed by atoms with Crippen molar-refractivity contribution in [2.75, 3.05) is 7.11 Å². The molecule has 40 heavy (non-hydrogen) atoms. The number of ether oxygens (including phenoxy) is 4. The maximum Gasteiger partial charge on any atom is 0.342 e. The standard InChI is InChI=1S/C29H38O11/c1-22-13-18(31)24(3)27-19(22)29(36,39-25(22,4)20(32)37-5)28(35,40-27)16-10-9-14-7-6-8-17(30)23(14,2)15(16)11-12-26(27,34)21(33)38-24/h9,15-16,18-19,31,34-36H,6-8,10-13H2,1-5H3/t15-,16+,18+,19-,22-,23-,24-,25+,26-,27-,28+,29-/m0/s1. The molecular weight excluding hydrogens is 524 g/mol. The third-order valence-electron chi connectivity index (χ3n) is 12.8. The fourth-order valence-corrected chi connectivity index (χ4v) is 10.5. The Morgan fingerprint density at radius 2 is 1.73 bits per heavy atom. The second-order valence-corrected chi connectivity index (χ2v) is 14.0. The van der Waals surface area contributed by atoms with Crippen LogP contribution in [0.3, 0.4) is 0 Å². The summed E-state index contributed by atoms with van der Waals surface area (Å²) in [5.41, 5.74) is -10.1. The number of carbonyl (C=O) groups is 3. The van der Waals surface area contributed by atoms with Gasteiger partial charge in [-0.1, -0.05) is 18.6 Å². The van der Waals surface area contributed by atoms with Gasteiger partial charge in [0.1, 0.15) is 5.78 Å². The Hall–Kier alpha value is -1.89. The zero-order chi connectivity index (χ0) is 29.1. The zero-order valence-electron chi connectivity index (χ0n) is 23.5. The van der Waals surface area contributed by atoms with Gasteiger partial charge in [-0.05, 0) is 65.2 Å². The van der Waals surface area contributed by atoms with Crippen molar-refractivity contribution in [3.8, 4) is 0 Å². The molecule has 0 unspecified atom stereocenters. The molecule has 4 heterocycles. The maximum absolute atomic E-state index is 13.7. The van der Waals surface area contributed by atoms with Gasteiger partial charge in [0.2, 0.25) is 11.6 Å². The Morgan fingerprint density at radius 1 is 1.02 bits per heavy atom.